The quantitative estimate of drug-likeness (QED) is 0.433. The Morgan fingerprint density at radius 1 is 1.24 bits per heavy atom. The molecule has 2 saturated heterocycles. The van der Waals surface area contributed by atoms with E-state index in [1.807, 2.05) is 7.05 Å². The van der Waals surface area contributed by atoms with Gasteiger partial charge in [0.2, 0.25) is 0 Å². The highest BCUT2D eigenvalue weighted by atomic mass is 16.5. The number of rotatable bonds is 6. The standard InChI is InChI=1S/C19H33N3O3/c1-20-18(21-9-4-10-24-14-5-11-23-13-14)22-16-15-6-12-25-17(15)19(16)7-2-3-8-19/h14-17H,2-13H2,1H3,(H2,20,21,22). The summed E-state index contributed by atoms with van der Waals surface area (Å²) in [7, 11) is 1.87. The molecule has 0 bridgehead atoms. The molecule has 6 nitrogen and oxygen atoms in total. The Morgan fingerprint density at radius 3 is 2.88 bits per heavy atom. The highest BCUT2D eigenvalue weighted by molar-refractivity contribution is 5.80. The smallest absolute Gasteiger partial charge is 0.191 e. The summed E-state index contributed by atoms with van der Waals surface area (Å²) in [6, 6.07) is 0.528. The van der Waals surface area contributed by atoms with Crippen molar-refractivity contribution in [3.8, 4) is 0 Å². The molecule has 4 fully saturated rings. The summed E-state index contributed by atoms with van der Waals surface area (Å²) in [5.41, 5.74) is 0.365. The molecule has 0 radical (unpaired) electrons. The Hall–Kier alpha value is -0.850. The largest absolute Gasteiger partial charge is 0.379 e. The summed E-state index contributed by atoms with van der Waals surface area (Å²) in [6.07, 6.45) is 9.31. The second-order valence-corrected chi connectivity index (χ2v) is 8.02. The topological polar surface area (TPSA) is 64.1 Å². The second-order valence-electron chi connectivity index (χ2n) is 8.02. The lowest BCUT2D eigenvalue weighted by molar-refractivity contribution is -0.125. The maximum absolute atomic E-state index is 6.07. The van der Waals surface area contributed by atoms with Gasteiger partial charge in [0.05, 0.1) is 18.8 Å². The third kappa shape index (κ3) is 3.40. The van der Waals surface area contributed by atoms with Gasteiger partial charge in [-0.15, -0.1) is 0 Å². The van der Waals surface area contributed by atoms with Gasteiger partial charge in [-0.1, -0.05) is 12.8 Å². The van der Waals surface area contributed by atoms with Crippen LogP contribution >= 0.6 is 0 Å². The van der Waals surface area contributed by atoms with Crippen LogP contribution in [0, 0.1) is 11.3 Å². The number of ether oxygens (including phenoxy) is 3. The number of aliphatic imine (C=N–C) groups is 1. The zero-order chi connectivity index (χ0) is 17.1. The van der Waals surface area contributed by atoms with Crippen LogP contribution in [0.5, 0.6) is 0 Å². The first-order valence-corrected chi connectivity index (χ1v) is 10.1. The van der Waals surface area contributed by atoms with Crippen LogP contribution in [0.2, 0.25) is 0 Å². The molecule has 4 atom stereocenters. The Kier molecular flexibility index (Phi) is 5.48. The van der Waals surface area contributed by atoms with Crippen molar-refractivity contribution in [3.05, 3.63) is 0 Å². The van der Waals surface area contributed by atoms with Crippen molar-refractivity contribution < 1.29 is 14.2 Å². The lowest BCUT2D eigenvalue weighted by Crippen LogP contribution is -2.69. The predicted octanol–water partition coefficient (Wildman–Crippen LogP) is 1.69. The number of guanidine groups is 1. The van der Waals surface area contributed by atoms with Gasteiger partial charge in [-0.3, -0.25) is 4.99 Å². The molecule has 4 unspecified atom stereocenters. The fourth-order valence-electron chi connectivity index (χ4n) is 5.42. The summed E-state index contributed by atoms with van der Waals surface area (Å²) in [5, 5.41) is 7.20. The predicted molar refractivity (Wildman–Crippen MR) is 96.8 cm³/mol. The molecule has 4 aliphatic rings. The van der Waals surface area contributed by atoms with Crippen molar-refractivity contribution in [1.29, 1.82) is 0 Å². The van der Waals surface area contributed by atoms with Crippen LogP contribution in [-0.2, 0) is 14.2 Å². The summed E-state index contributed by atoms with van der Waals surface area (Å²) in [4.78, 5) is 4.45. The molecule has 0 amide bonds. The average molecular weight is 351 g/mol. The van der Waals surface area contributed by atoms with E-state index in [9.17, 15) is 0 Å². The van der Waals surface area contributed by atoms with Crippen molar-refractivity contribution in [3.63, 3.8) is 0 Å². The fourth-order valence-corrected chi connectivity index (χ4v) is 5.42. The molecule has 0 aromatic carbocycles. The number of nitrogens with one attached hydrogen (secondary N) is 2. The van der Waals surface area contributed by atoms with E-state index < -0.39 is 0 Å². The first-order chi connectivity index (χ1) is 12.3. The molecule has 0 aromatic heterocycles. The van der Waals surface area contributed by atoms with E-state index in [0.717, 1.165) is 51.8 Å². The molecule has 0 aromatic rings. The van der Waals surface area contributed by atoms with E-state index in [1.165, 1.54) is 32.1 Å². The molecule has 1 spiro atoms. The second kappa shape index (κ2) is 7.80. The van der Waals surface area contributed by atoms with E-state index in [1.54, 1.807) is 0 Å². The molecular formula is C19H33N3O3. The Labute approximate surface area is 151 Å². The van der Waals surface area contributed by atoms with Crippen LogP contribution < -0.4 is 10.6 Å². The maximum Gasteiger partial charge on any atom is 0.191 e. The minimum absolute atomic E-state index is 0.300. The molecular weight excluding hydrogens is 318 g/mol. The fraction of sp³-hybridized carbons (Fsp3) is 0.947. The summed E-state index contributed by atoms with van der Waals surface area (Å²) >= 11 is 0. The first kappa shape index (κ1) is 17.6. The highest BCUT2D eigenvalue weighted by Crippen LogP contribution is 2.60. The number of hydrogen-bond donors (Lipinski definition) is 2. The maximum atomic E-state index is 6.07. The average Bonchev–Trinajstić information content (AvgIpc) is 3.38. The van der Waals surface area contributed by atoms with Gasteiger partial charge in [-0.2, -0.15) is 0 Å². The zero-order valence-corrected chi connectivity index (χ0v) is 15.5. The third-order valence-electron chi connectivity index (χ3n) is 6.66. The van der Waals surface area contributed by atoms with E-state index in [4.69, 9.17) is 14.2 Å². The lowest BCUT2D eigenvalue weighted by Gasteiger charge is -2.57. The lowest BCUT2D eigenvalue weighted by atomic mass is 9.54. The van der Waals surface area contributed by atoms with Crippen LogP contribution in [0.1, 0.15) is 44.9 Å². The number of nitrogens with zero attached hydrogens (tertiary/aromatic N) is 1. The van der Waals surface area contributed by atoms with Crippen molar-refractivity contribution in [2.75, 3.05) is 40.0 Å². The SMILES string of the molecule is CN=C(NCCCOC1CCOC1)NC1C2CCOC2C12CCCC2. The molecule has 2 aliphatic heterocycles. The van der Waals surface area contributed by atoms with Crippen LogP contribution in [0.3, 0.4) is 0 Å². The molecule has 2 saturated carbocycles. The molecule has 25 heavy (non-hydrogen) atoms. The first-order valence-electron chi connectivity index (χ1n) is 10.1. The molecule has 2 N–H and O–H groups in total. The number of hydrogen-bond acceptors (Lipinski definition) is 4. The molecule has 2 heterocycles. The molecule has 6 heteroatoms. The van der Waals surface area contributed by atoms with E-state index in [-0.39, 0.29) is 0 Å². The summed E-state index contributed by atoms with van der Waals surface area (Å²) in [5.74, 6) is 1.60. The van der Waals surface area contributed by atoms with Gasteiger partial charge in [-0.25, -0.2) is 0 Å². The van der Waals surface area contributed by atoms with Crippen molar-refractivity contribution in [2.24, 2.45) is 16.3 Å². The van der Waals surface area contributed by atoms with Crippen molar-refractivity contribution >= 4 is 5.96 Å². The Bertz CT molecular complexity index is 473. The third-order valence-corrected chi connectivity index (χ3v) is 6.66. The summed E-state index contributed by atoms with van der Waals surface area (Å²) < 4.78 is 17.2. The Morgan fingerprint density at radius 2 is 2.12 bits per heavy atom. The normalized spacial score (nSPS) is 36.4. The molecule has 142 valence electrons. The molecule has 4 rings (SSSR count). The van der Waals surface area contributed by atoms with Crippen molar-refractivity contribution in [1.82, 2.24) is 10.6 Å². The van der Waals surface area contributed by atoms with Gasteiger partial charge in [0.1, 0.15) is 0 Å². The monoisotopic (exact) mass is 351 g/mol. The summed E-state index contributed by atoms with van der Waals surface area (Å²) in [6.45, 7) is 4.20. The van der Waals surface area contributed by atoms with Gasteiger partial charge in [0.15, 0.2) is 5.96 Å². The van der Waals surface area contributed by atoms with Crippen LogP contribution in [0.25, 0.3) is 0 Å². The minimum Gasteiger partial charge on any atom is -0.379 e. The van der Waals surface area contributed by atoms with E-state index in [0.29, 0.717) is 29.6 Å². The van der Waals surface area contributed by atoms with Crippen LogP contribution in [-0.4, -0.2) is 64.2 Å². The van der Waals surface area contributed by atoms with Gasteiger partial charge in [0, 0.05) is 50.8 Å². The van der Waals surface area contributed by atoms with E-state index >= 15 is 0 Å². The van der Waals surface area contributed by atoms with Crippen LogP contribution in [0.15, 0.2) is 4.99 Å². The van der Waals surface area contributed by atoms with Gasteiger partial charge < -0.3 is 24.8 Å². The van der Waals surface area contributed by atoms with E-state index in [2.05, 4.69) is 15.6 Å². The van der Waals surface area contributed by atoms with Gasteiger partial charge >= 0.3 is 0 Å². The van der Waals surface area contributed by atoms with Crippen LogP contribution in [0.4, 0.5) is 0 Å². The highest BCUT2D eigenvalue weighted by Gasteiger charge is 2.65. The van der Waals surface area contributed by atoms with Gasteiger partial charge in [0.25, 0.3) is 0 Å². The Balaban J connectivity index is 1.22. The zero-order valence-electron chi connectivity index (χ0n) is 15.5. The number of fused-ring (bicyclic) bond motifs is 2. The minimum atomic E-state index is 0.300. The van der Waals surface area contributed by atoms with Gasteiger partial charge in [-0.05, 0) is 32.1 Å². The molecule has 2 aliphatic carbocycles. The van der Waals surface area contributed by atoms with Crippen molar-refractivity contribution in [2.45, 2.75) is 63.2 Å².